The fourth-order valence-electron chi connectivity index (χ4n) is 2.91. The number of nitrogens with one attached hydrogen (secondary N) is 1. The second-order valence-corrected chi connectivity index (χ2v) is 6.43. The summed E-state index contributed by atoms with van der Waals surface area (Å²) in [4.78, 5) is 25.9. The van der Waals surface area contributed by atoms with Crippen LogP contribution >= 0.6 is 11.8 Å². The Bertz CT molecular complexity index is 1160. The predicted molar refractivity (Wildman–Crippen MR) is 92.4 cm³/mol. The maximum Gasteiger partial charge on any atom is 0.361 e. The molecule has 0 fully saturated rings. The van der Waals surface area contributed by atoms with Crippen LogP contribution in [0.3, 0.4) is 0 Å². The first-order valence-corrected chi connectivity index (χ1v) is 8.10. The molecule has 0 amide bonds. The quantitative estimate of drug-likeness (QED) is 0.429. The molecule has 3 heterocycles. The van der Waals surface area contributed by atoms with Crippen LogP contribution in [0.5, 0.6) is 0 Å². The Labute approximate surface area is 138 Å². The zero-order chi connectivity index (χ0) is 16.3. The van der Waals surface area contributed by atoms with E-state index in [0.29, 0.717) is 32.3 Å². The third-order valence-corrected chi connectivity index (χ3v) is 5.19. The summed E-state index contributed by atoms with van der Waals surface area (Å²) in [6, 6.07) is 14.5. The molecule has 0 radical (unpaired) electrons. The normalized spacial score (nSPS) is 12.7. The van der Waals surface area contributed by atoms with Gasteiger partial charge in [-0.2, -0.15) is 0 Å². The lowest BCUT2D eigenvalue weighted by Crippen LogP contribution is -2.16. The van der Waals surface area contributed by atoms with Crippen LogP contribution < -0.4 is 16.6 Å². The van der Waals surface area contributed by atoms with Crippen molar-refractivity contribution >= 4 is 45.1 Å². The van der Waals surface area contributed by atoms with Gasteiger partial charge < -0.3 is 14.2 Å². The van der Waals surface area contributed by atoms with E-state index >= 15 is 0 Å². The number of fused-ring (bicyclic) bond motifs is 6. The molecule has 2 aromatic carbocycles. The van der Waals surface area contributed by atoms with Crippen molar-refractivity contribution < 1.29 is 8.83 Å². The number of hydrogen-bond acceptors (Lipinski definition) is 6. The average Bonchev–Trinajstić information content (AvgIpc) is 2.61. The second kappa shape index (κ2) is 4.75. The summed E-state index contributed by atoms with van der Waals surface area (Å²) in [5.41, 5.74) is 1.01. The topological polar surface area (TPSA) is 72.5 Å². The first-order valence-electron chi connectivity index (χ1n) is 7.29. The van der Waals surface area contributed by atoms with Gasteiger partial charge in [0, 0.05) is 10.8 Å². The van der Waals surface area contributed by atoms with Crippen LogP contribution in [0.2, 0.25) is 0 Å². The Morgan fingerprint density at radius 3 is 2.12 bits per heavy atom. The van der Waals surface area contributed by atoms with Gasteiger partial charge in [-0.3, -0.25) is 0 Å². The van der Waals surface area contributed by atoms with E-state index in [1.54, 1.807) is 24.3 Å². The van der Waals surface area contributed by atoms with Crippen molar-refractivity contribution in [3.63, 3.8) is 0 Å². The number of para-hydroxylation sites is 2. The van der Waals surface area contributed by atoms with Gasteiger partial charge in [0.15, 0.2) is 0 Å². The van der Waals surface area contributed by atoms with Crippen molar-refractivity contribution in [2.45, 2.75) is 9.79 Å². The van der Waals surface area contributed by atoms with Crippen molar-refractivity contribution in [2.75, 3.05) is 5.32 Å². The third kappa shape index (κ3) is 1.77. The third-order valence-electron chi connectivity index (χ3n) is 3.99. The SMILES string of the molecule is O=c1oc2ccccc2c2c1Nc1c(c(=O)oc3ccccc13)S2. The first kappa shape index (κ1) is 13.4. The molecular formula is C18H9NO4S. The van der Waals surface area contributed by atoms with Gasteiger partial charge in [0.05, 0.1) is 10.6 Å². The molecular weight excluding hydrogens is 326 g/mol. The Balaban J connectivity index is 1.88. The average molecular weight is 335 g/mol. The highest BCUT2D eigenvalue weighted by atomic mass is 32.2. The van der Waals surface area contributed by atoms with Gasteiger partial charge in [0.25, 0.3) is 0 Å². The van der Waals surface area contributed by atoms with Crippen LogP contribution in [0.1, 0.15) is 0 Å². The Morgan fingerprint density at radius 1 is 0.708 bits per heavy atom. The summed E-state index contributed by atoms with van der Waals surface area (Å²) < 4.78 is 10.8. The highest BCUT2D eigenvalue weighted by Gasteiger charge is 2.27. The molecule has 5 rings (SSSR count). The van der Waals surface area contributed by atoms with E-state index < -0.39 is 11.3 Å². The van der Waals surface area contributed by atoms with Gasteiger partial charge in [-0.25, -0.2) is 9.59 Å². The second-order valence-electron chi connectivity index (χ2n) is 5.41. The van der Waals surface area contributed by atoms with Gasteiger partial charge in [-0.05, 0) is 18.2 Å². The minimum Gasteiger partial charge on any atom is -0.422 e. The predicted octanol–water partition coefficient (Wildman–Crippen LogP) is 4.11. The largest absolute Gasteiger partial charge is 0.422 e. The molecule has 4 aromatic rings. The minimum atomic E-state index is -0.459. The minimum absolute atomic E-state index is 0.349. The van der Waals surface area contributed by atoms with E-state index in [-0.39, 0.29) is 0 Å². The molecule has 0 atom stereocenters. The summed E-state index contributed by atoms with van der Waals surface area (Å²) in [6.45, 7) is 0. The van der Waals surface area contributed by atoms with Crippen molar-refractivity contribution in [1.29, 1.82) is 0 Å². The highest BCUT2D eigenvalue weighted by Crippen LogP contribution is 2.46. The van der Waals surface area contributed by atoms with Gasteiger partial charge in [0.1, 0.15) is 21.7 Å². The van der Waals surface area contributed by atoms with E-state index in [1.165, 1.54) is 11.8 Å². The summed E-state index contributed by atoms with van der Waals surface area (Å²) in [5, 5.41) is 4.63. The molecule has 2 aromatic heterocycles. The number of hydrogen-bond donors (Lipinski definition) is 1. The standard InChI is InChI=1S/C18H9NO4S/c20-17-14-15(10-6-2-4-8-12(10)22-17)24-16-13(19-14)9-5-1-3-7-11(9)23-18(16)21/h1-8,19H. The Hall–Kier alpha value is -2.99. The molecule has 24 heavy (non-hydrogen) atoms. The molecule has 116 valence electrons. The van der Waals surface area contributed by atoms with Crippen LogP contribution in [0, 0.1) is 0 Å². The van der Waals surface area contributed by atoms with E-state index in [0.717, 1.165) is 10.8 Å². The lowest BCUT2D eigenvalue weighted by atomic mass is 10.2. The summed E-state index contributed by atoms with van der Waals surface area (Å²) >= 11 is 1.24. The van der Waals surface area contributed by atoms with Crippen LogP contribution in [0.4, 0.5) is 11.4 Å². The summed E-state index contributed by atoms with van der Waals surface area (Å²) in [6.07, 6.45) is 0. The smallest absolute Gasteiger partial charge is 0.361 e. The molecule has 1 aliphatic heterocycles. The molecule has 5 nitrogen and oxygen atoms in total. The van der Waals surface area contributed by atoms with Crippen molar-refractivity contribution in [3.8, 4) is 0 Å². The van der Waals surface area contributed by atoms with Gasteiger partial charge in [-0.15, -0.1) is 0 Å². The number of rotatable bonds is 0. The molecule has 0 unspecified atom stereocenters. The molecule has 1 N–H and O–H groups in total. The molecule has 6 heteroatoms. The zero-order valence-corrected chi connectivity index (χ0v) is 13.0. The fourth-order valence-corrected chi connectivity index (χ4v) is 4.02. The lowest BCUT2D eigenvalue weighted by Gasteiger charge is -2.20. The summed E-state index contributed by atoms with van der Waals surface area (Å²) in [5.74, 6) is 0. The van der Waals surface area contributed by atoms with E-state index in [4.69, 9.17) is 8.83 Å². The zero-order valence-electron chi connectivity index (χ0n) is 12.2. The van der Waals surface area contributed by atoms with Crippen LogP contribution in [-0.2, 0) is 0 Å². The van der Waals surface area contributed by atoms with Gasteiger partial charge in [-0.1, -0.05) is 42.1 Å². The summed E-state index contributed by atoms with van der Waals surface area (Å²) in [7, 11) is 0. The van der Waals surface area contributed by atoms with Gasteiger partial charge >= 0.3 is 11.3 Å². The van der Waals surface area contributed by atoms with Crippen molar-refractivity contribution in [3.05, 3.63) is 69.4 Å². The van der Waals surface area contributed by atoms with Crippen LogP contribution in [0.25, 0.3) is 21.9 Å². The Kier molecular flexibility index (Phi) is 2.66. The van der Waals surface area contributed by atoms with Crippen LogP contribution in [0.15, 0.2) is 76.7 Å². The van der Waals surface area contributed by atoms with Crippen molar-refractivity contribution in [1.82, 2.24) is 0 Å². The molecule has 0 spiro atoms. The maximum atomic E-state index is 12.4. The highest BCUT2D eigenvalue weighted by molar-refractivity contribution is 8.00. The molecule has 1 aliphatic rings. The molecule has 0 bridgehead atoms. The van der Waals surface area contributed by atoms with E-state index in [2.05, 4.69) is 5.32 Å². The fraction of sp³-hybridized carbons (Fsp3) is 0. The van der Waals surface area contributed by atoms with Gasteiger partial charge in [0.2, 0.25) is 0 Å². The van der Waals surface area contributed by atoms with Crippen molar-refractivity contribution in [2.24, 2.45) is 0 Å². The molecule has 0 saturated heterocycles. The lowest BCUT2D eigenvalue weighted by molar-refractivity contribution is 0.543. The maximum absolute atomic E-state index is 12.4. The van der Waals surface area contributed by atoms with Crippen LogP contribution in [-0.4, -0.2) is 0 Å². The van der Waals surface area contributed by atoms with E-state index in [9.17, 15) is 9.59 Å². The monoisotopic (exact) mass is 335 g/mol. The number of anilines is 2. The first-order chi connectivity index (χ1) is 11.7. The number of benzene rings is 2. The van der Waals surface area contributed by atoms with E-state index in [1.807, 2.05) is 24.3 Å². The Morgan fingerprint density at radius 2 is 1.33 bits per heavy atom. The molecule has 0 saturated carbocycles. The molecule has 0 aliphatic carbocycles.